The van der Waals surface area contributed by atoms with Crippen LogP contribution >= 0.6 is 0 Å². The zero-order valence-electron chi connectivity index (χ0n) is 6.22. The van der Waals surface area contributed by atoms with Crippen LogP contribution in [-0.2, 0) is 13.9 Å². The van der Waals surface area contributed by atoms with Gasteiger partial charge in [0.25, 0.3) is 0 Å². The van der Waals surface area contributed by atoms with Gasteiger partial charge in [-0.3, -0.25) is 0 Å². The van der Waals surface area contributed by atoms with E-state index in [2.05, 4.69) is 6.55 Å². The molecule has 0 aromatic carbocycles. The van der Waals surface area contributed by atoms with Crippen LogP contribution in [0.25, 0.3) is 0 Å². The molecule has 0 bridgehead atoms. The maximum atomic E-state index is 5.22. The Kier molecular flexibility index (Phi) is 6.29. The van der Waals surface area contributed by atoms with E-state index >= 15 is 0 Å². The standard InChI is InChI=1S/C5H14O3Si/c1-6-4-5(7-2)8-9-3/h5H,4,9H2,1-3H3. The van der Waals surface area contributed by atoms with Crippen LogP contribution in [-0.4, -0.2) is 36.9 Å². The summed E-state index contributed by atoms with van der Waals surface area (Å²) in [6, 6.07) is 0. The molecule has 3 nitrogen and oxygen atoms in total. The molecule has 9 heavy (non-hydrogen) atoms. The normalized spacial score (nSPS) is 15.0. The van der Waals surface area contributed by atoms with E-state index in [1.54, 1.807) is 14.2 Å². The minimum absolute atomic E-state index is 0.147. The third-order valence-corrected chi connectivity index (χ3v) is 1.62. The van der Waals surface area contributed by atoms with E-state index < -0.39 is 0 Å². The van der Waals surface area contributed by atoms with Crippen LogP contribution in [0.3, 0.4) is 0 Å². The SMILES string of the molecule is COCC(OC)O[SiH2]C. The lowest BCUT2D eigenvalue weighted by molar-refractivity contribution is -0.0923. The highest BCUT2D eigenvalue weighted by Crippen LogP contribution is 1.90. The minimum Gasteiger partial charge on any atom is -0.398 e. The summed E-state index contributed by atoms with van der Waals surface area (Å²) in [5.74, 6) is 0. The van der Waals surface area contributed by atoms with Crippen molar-refractivity contribution in [2.75, 3.05) is 20.8 Å². The van der Waals surface area contributed by atoms with Gasteiger partial charge in [0.15, 0.2) is 16.1 Å². The van der Waals surface area contributed by atoms with Gasteiger partial charge >= 0.3 is 0 Å². The molecule has 56 valence electrons. The summed E-state index contributed by atoms with van der Waals surface area (Å²) in [7, 11) is 2.88. The lowest BCUT2D eigenvalue weighted by Crippen LogP contribution is -2.21. The van der Waals surface area contributed by atoms with Gasteiger partial charge in [-0.25, -0.2) is 0 Å². The maximum Gasteiger partial charge on any atom is 0.170 e. The Labute approximate surface area is 58.2 Å². The predicted octanol–water partition coefficient (Wildman–Crippen LogP) is -0.246. The molecule has 0 aliphatic rings. The summed E-state index contributed by atoms with van der Waals surface area (Å²) in [5, 5.41) is 0. The van der Waals surface area contributed by atoms with Gasteiger partial charge in [-0.1, -0.05) is 6.55 Å². The molecule has 0 radical (unpaired) electrons. The summed E-state index contributed by atoms with van der Waals surface area (Å²) in [6.07, 6.45) is -0.147. The summed E-state index contributed by atoms with van der Waals surface area (Å²) in [4.78, 5) is 0. The molecule has 1 atom stereocenters. The molecule has 0 amide bonds. The van der Waals surface area contributed by atoms with E-state index in [1.807, 2.05) is 0 Å². The molecule has 0 heterocycles. The first-order valence-corrected chi connectivity index (χ1v) is 4.97. The van der Waals surface area contributed by atoms with E-state index in [0.717, 1.165) is 0 Å². The Morgan fingerprint density at radius 2 is 2.11 bits per heavy atom. The van der Waals surface area contributed by atoms with Crippen LogP contribution in [0.15, 0.2) is 0 Å². The van der Waals surface area contributed by atoms with Crippen molar-refractivity contribution in [3.05, 3.63) is 0 Å². The number of ether oxygens (including phenoxy) is 2. The van der Waals surface area contributed by atoms with Gasteiger partial charge in [0, 0.05) is 14.2 Å². The second-order valence-corrected chi connectivity index (χ2v) is 2.49. The molecular formula is C5H14O3Si. The fourth-order valence-electron chi connectivity index (χ4n) is 0.506. The van der Waals surface area contributed by atoms with Crippen molar-refractivity contribution in [2.24, 2.45) is 0 Å². The second kappa shape index (κ2) is 6.22. The van der Waals surface area contributed by atoms with Gasteiger partial charge in [0.2, 0.25) is 0 Å². The number of hydrogen-bond donors (Lipinski definition) is 0. The van der Waals surface area contributed by atoms with Gasteiger partial charge in [0.05, 0.1) is 6.61 Å². The molecule has 0 aliphatic heterocycles. The third kappa shape index (κ3) is 4.59. The number of rotatable bonds is 5. The second-order valence-electron chi connectivity index (χ2n) is 1.58. The van der Waals surface area contributed by atoms with Crippen LogP contribution in [0.2, 0.25) is 6.55 Å². The van der Waals surface area contributed by atoms with Gasteiger partial charge in [-0.15, -0.1) is 0 Å². The minimum atomic E-state index is -0.370. The van der Waals surface area contributed by atoms with Crippen LogP contribution in [0.4, 0.5) is 0 Å². The van der Waals surface area contributed by atoms with Crippen molar-refractivity contribution in [3.63, 3.8) is 0 Å². The van der Waals surface area contributed by atoms with Gasteiger partial charge in [-0.2, -0.15) is 0 Å². The summed E-state index contributed by atoms with van der Waals surface area (Å²) in [6.45, 7) is 2.58. The van der Waals surface area contributed by atoms with Crippen molar-refractivity contribution < 1.29 is 13.9 Å². The van der Waals surface area contributed by atoms with Crippen LogP contribution in [0.1, 0.15) is 0 Å². The third-order valence-electron chi connectivity index (χ3n) is 0.918. The number of methoxy groups -OCH3 is 2. The Morgan fingerprint density at radius 3 is 2.44 bits per heavy atom. The highest BCUT2D eigenvalue weighted by Gasteiger charge is 2.02. The molecule has 0 rings (SSSR count). The largest absolute Gasteiger partial charge is 0.398 e. The summed E-state index contributed by atoms with van der Waals surface area (Å²) < 4.78 is 15.0. The molecule has 0 spiro atoms. The van der Waals surface area contributed by atoms with E-state index in [4.69, 9.17) is 13.9 Å². The topological polar surface area (TPSA) is 27.7 Å². The van der Waals surface area contributed by atoms with Gasteiger partial charge < -0.3 is 13.9 Å². The van der Waals surface area contributed by atoms with Crippen molar-refractivity contribution in [2.45, 2.75) is 12.8 Å². The molecule has 0 saturated carbocycles. The van der Waals surface area contributed by atoms with E-state index in [0.29, 0.717) is 6.61 Å². The Balaban J connectivity index is 3.18. The fraction of sp³-hybridized carbons (Fsp3) is 1.00. The van der Waals surface area contributed by atoms with Gasteiger partial charge in [-0.05, 0) is 0 Å². The first-order valence-electron chi connectivity index (χ1n) is 2.98. The van der Waals surface area contributed by atoms with Crippen LogP contribution in [0.5, 0.6) is 0 Å². The molecular weight excluding hydrogens is 136 g/mol. The molecule has 0 aromatic rings. The predicted molar refractivity (Wildman–Crippen MR) is 38.2 cm³/mol. The Bertz CT molecular complexity index is 54.2. The first kappa shape index (κ1) is 9.10. The average molecular weight is 150 g/mol. The summed E-state index contributed by atoms with van der Waals surface area (Å²) in [5.41, 5.74) is 0. The molecule has 0 saturated heterocycles. The quantitative estimate of drug-likeness (QED) is 0.400. The molecule has 1 unspecified atom stereocenters. The van der Waals surface area contributed by atoms with Crippen LogP contribution < -0.4 is 0 Å². The average Bonchev–Trinajstić information content (AvgIpc) is 1.88. The summed E-state index contributed by atoms with van der Waals surface area (Å²) >= 11 is 0. The molecule has 4 heteroatoms. The van der Waals surface area contributed by atoms with E-state index in [-0.39, 0.29) is 16.1 Å². The maximum absolute atomic E-state index is 5.22. The first-order chi connectivity index (χ1) is 4.35. The van der Waals surface area contributed by atoms with Gasteiger partial charge in [0.1, 0.15) is 0 Å². The van der Waals surface area contributed by atoms with E-state index in [9.17, 15) is 0 Å². The molecule has 0 aromatic heterocycles. The zero-order valence-corrected chi connectivity index (χ0v) is 7.63. The highest BCUT2D eigenvalue weighted by atomic mass is 28.2. The fourth-order valence-corrected chi connectivity index (χ4v) is 1.11. The van der Waals surface area contributed by atoms with E-state index in [1.165, 1.54) is 0 Å². The van der Waals surface area contributed by atoms with Crippen molar-refractivity contribution in [3.8, 4) is 0 Å². The molecule has 0 fully saturated rings. The molecule has 0 aliphatic carbocycles. The van der Waals surface area contributed by atoms with Crippen molar-refractivity contribution >= 4 is 9.76 Å². The highest BCUT2D eigenvalue weighted by molar-refractivity contribution is 6.24. The number of hydrogen-bond acceptors (Lipinski definition) is 3. The molecule has 0 N–H and O–H groups in total. The smallest absolute Gasteiger partial charge is 0.170 e. The lowest BCUT2D eigenvalue weighted by Gasteiger charge is -2.13. The van der Waals surface area contributed by atoms with Crippen molar-refractivity contribution in [1.82, 2.24) is 0 Å². The Morgan fingerprint density at radius 1 is 1.44 bits per heavy atom. The Hall–Kier alpha value is 0.0969. The monoisotopic (exact) mass is 150 g/mol. The lowest BCUT2D eigenvalue weighted by atomic mass is 10.7. The van der Waals surface area contributed by atoms with Crippen molar-refractivity contribution in [1.29, 1.82) is 0 Å². The van der Waals surface area contributed by atoms with Crippen LogP contribution in [0, 0.1) is 0 Å². The zero-order chi connectivity index (χ0) is 7.11.